The van der Waals surface area contributed by atoms with Crippen molar-refractivity contribution in [2.24, 2.45) is 0 Å². The highest BCUT2D eigenvalue weighted by atomic mass is 32.2. The third kappa shape index (κ3) is 5.29. The van der Waals surface area contributed by atoms with E-state index < -0.39 is 0 Å². The Morgan fingerprint density at radius 3 is 2.94 bits per heavy atom. The van der Waals surface area contributed by atoms with Crippen molar-refractivity contribution in [3.05, 3.63) is 29.8 Å². The standard InChI is InChI=1S/C14H23NO2S/c1-3-7-15-14(11-18-9-8-16)12-5-4-6-13(10-12)17-2/h4-6,10,14-16H,3,7-9,11H2,1-2H3. The van der Waals surface area contributed by atoms with Crippen molar-refractivity contribution >= 4 is 11.8 Å². The van der Waals surface area contributed by atoms with Crippen molar-refractivity contribution in [1.82, 2.24) is 5.32 Å². The van der Waals surface area contributed by atoms with Crippen LogP contribution >= 0.6 is 11.8 Å². The Balaban J connectivity index is 2.66. The fraction of sp³-hybridized carbons (Fsp3) is 0.571. The van der Waals surface area contributed by atoms with Gasteiger partial charge in [-0.25, -0.2) is 0 Å². The number of aliphatic hydroxyl groups is 1. The van der Waals surface area contributed by atoms with Gasteiger partial charge in [-0.2, -0.15) is 11.8 Å². The first-order chi connectivity index (χ1) is 8.81. The van der Waals surface area contributed by atoms with Crippen LogP contribution in [0.15, 0.2) is 24.3 Å². The van der Waals surface area contributed by atoms with Gasteiger partial charge in [-0.3, -0.25) is 0 Å². The predicted molar refractivity (Wildman–Crippen MR) is 78.4 cm³/mol. The number of nitrogens with one attached hydrogen (secondary N) is 1. The lowest BCUT2D eigenvalue weighted by molar-refractivity contribution is 0.322. The summed E-state index contributed by atoms with van der Waals surface area (Å²) in [5.41, 5.74) is 1.24. The minimum absolute atomic E-state index is 0.239. The van der Waals surface area contributed by atoms with Crippen molar-refractivity contribution in [3.63, 3.8) is 0 Å². The van der Waals surface area contributed by atoms with Crippen molar-refractivity contribution in [2.45, 2.75) is 19.4 Å². The largest absolute Gasteiger partial charge is 0.497 e. The van der Waals surface area contributed by atoms with Crippen LogP contribution in [0.25, 0.3) is 0 Å². The van der Waals surface area contributed by atoms with Crippen LogP contribution in [0.4, 0.5) is 0 Å². The number of methoxy groups -OCH3 is 1. The van der Waals surface area contributed by atoms with Crippen LogP contribution in [0.3, 0.4) is 0 Å². The van der Waals surface area contributed by atoms with E-state index in [1.165, 1.54) is 5.56 Å². The molecule has 18 heavy (non-hydrogen) atoms. The Kier molecular flexibility index (Phi) is 7.89. The molecular formula is C14H23NO2S. The minimum atomic E-state index is 0.239. The highest BCUT2D eigenvalue weighted by Gasteiger charge is 2.11. The highest BCUT2D eigenvalue weighted by Crippen LogP contribution is 2.22. The van der Waals surface area contributed by atoms with Crippen LogP contribution in [0.5, 0.6) is 5.75 Å². The van der Waals surface area contributed by atoms with Gasteiger partial charge >= 0.3 is 0 Å². The summed E-state index contributed by atoms with van der Waals surface area (Å²) in [5.74, 6) is 2.64. The molecule has 1 aromatic carbocycles. The third-order valence-electron chi connectivity index (χ3n) is 2.66. The van der Waals surface area contributed by atoms with E-state index >= 15 is 0 Å². The number of rotatable bonds is 9. The number of benzene rings is 1. The first-order valence-corrected chi connectivity index (χ1v) is 7.53. The molecule has 0 aliphatic carbocycles. The van der Waals surface area contributed by atoms with Gasteiger partial charge in [0, 0.05) is 17.5 Å². The second kappa shape index (κ2) is 9.25. The van der Waals surface area contributed by atoms with E-state index in [9.17, 15) is 0 Å². The number of hydrogen-bond acceptors (Lipinski definition) is 4. The molecule has 102 valence electrons. The molecule has 2 N–H and O–H groups in total. The molecule has 0 aromatic heterocycles. The maximum Gasteiger partial charge on any atom is 0.119 e. The molecule has 1 unspecified atom stereocenters. The lowest BCUT2D eigenvalue weighted by Crippen LogP contribution is -2.24. The molecule has 0 aliphatic heterocycles. The van der Waals surface area contributed by atoms with Gasteiger partial charge in [0.25, 0.3) is 0 Å². The number of aliphatic hydroxyl groups excluding tert-OH is 1. The zero-order valence-corrected chi connectivity index (χ0v) is 12.0. The topological polar surface area (TPSA) is 41.5 Å². The van der Waals surface area contributed by atoms with Crippen molar-refractivity contribution in [2.75, 3.05) is 31.8 Å². The summed E-state index contributed by atoms with van der Waals surface area (Å²) >= 11 is 1.77. The van der Waals surface area contributed by atoms with E-state index in [0.717, 1.165) is 30.2 Å². The zero-order valence-electron chi connectivity index (χ0n) is 11.2. The molecule has 0 amide bonds. The normalized spacial score (nSPS) is 12.4. The zero-order chi connectivity index (χ0) is 13.2. The summed E-state index contributed by atoms with van der Waals surface area (Å²) in [5, 5.41) is 12.4. The number of ether oxygens (including phenoxy) is 1. The molecule has 4 heteroatoms. The van der Waals surface area contributed by atoms with Gasteiger partial charge in [-0.1, -0.05) is 19.1 Å². The van der Waals surface area contributed by atoms with Crippen LogP contribution in [-0.4, -0.2) is 36.9 Å². The lowest BCUT2D eigenvalue weighted by Gasteiger charge is -2.19. The predicted octanol–water partition coefficient (Wildman–Crippen LogP) is 2.46. The number of thioether (sulfide) groups is 1. The fourth-order valence-corrected chi connectivity index (χ4v) is 2.56. The monoisotopic (exact) mass is 269 g/mol. The van der Waals surface area contributed by atoms with Gasteiger partial charge in [-0.05, 0) is 30.7 Å². The smallest absolute Gasteiger partial charge is 0.119 e. The molecule has 0 bridgehead atoms. The average molecular weight is 269 g/mol. The van der Waals surface area contributed by atoms with Crippen molar-refractivity contribution < 1.29 is 9.84 Å². The Labute approximate surface area is 114 Å². The van der Waals surface area contributed by atoms with Crippen LogP contribution in [0.2, 0.25) is 0 Å². The Bertz CT molecular complexity index is 333. The molecule has 3 nitrogen and oxygen atoms in total. The van der Waals surface area contributed by atoms with Gasteiger partial charge in [0.15, 0.2) is 0 Å². The molecule has 0 spiro atoms. The van der Waals surface area contributed by atoms with Gasteiger partial charge in [0.05, 0.1) is 13.7 Å². The first-order valence-electron chi connectivity index (χ1n) is 6.37. The van der Waals surface area contributed by atoms with Crippen LogP contribution in [-0.2, 0) is 0 Å². The molecular weight excluding hydrogens is 246 g/mol. The summed E-state index contributed by atoms with van der Waals surface area (Å²) in [6.45, 7) is 3.40. The first kappa shape index (κ1) is 15.3. The Morgan fingerprint density at radius 2 is 2.28 bits per heavy atom. The molecule has 1 aromatic rings. The van der Waals surface area contributed by atoms with E-state index in [1.807, 2.05) is 12.1 Å². The second-order valence-corrected chi connectivity index (χ2v) is 5.23. The summed E-state index contributed by atoms with van der Waals surface area (Å²) in [7, 11) is 1.69. The van der Waals surface area contributed by atoms with Gasteiger partial charge < -0.3 is 15.2 Å². The van der Waals surface area contributed by atoms with E-state index in [0.29, 0.717) is 6.04 Å². The Hall–Kier alpha value is -0.710. The SMILES string of the molecule is CCCNC(CSCCO)c1cccc(OC)c1. The van der Waals surface area contributed by atoms with Crippen molar-refractivity contribution in [3.8, 4) is 5.75 Å². The molecule has 0 aliphatic rings. The molecule has 1 atom stereocenters. The maximum atomic E-state index is 8.85. The quantitative estimate of drug-likeness (QED) is 0.676. The van der Waals surface area contributed by atoms with E-state index in [2.05, 4.69) is 24.4 Å². The molecule has 0 fully saturated rings. The summed E-state index contributed by atoms with van der Waals surface area (Å²) < 4.78 is 5.26. The lowest BCUT2D eigenvalue weighted by atomic mass is 10.1. The summed E-state index contributed by atoms with van der Waals surface area (Å²) in [6, 6.07) is 8.49. The van der Waals surface area contributed by atoms with E-state index in [4.69, 9.17) is 9.84 Å². The summed E-state index contributed by atoms with van der Waals surface area (Å²) in [6.07, 6.45) is 1.12. The molecule has 1 rings (SSSR count). The third-order valence-corrected chi connectivity index (χ3v) is 3.70. The summed E-state index contributed by atoms with van der Waals surface area (Å²) in [4.78, 5) is 0. The fourth-order valence-electron chi connectivity index (χ4n) is 1.72. The number of hydrogen-bond donors (Lipinski definition) is 2. The molecule has 0 heterocycles. The average Bonchev–Trinajstić information content (AvgIpc) is 2.42. The molecule has 0 saturated carbocycles. The highest BCUT2D eigenvalue weighted by molar-refractivity contribution is 7.99. The maximum absolute atomic E-state index is 8.85. The Morgan fingerprint density at radius 1 is 1.44 bits per heavy atom. The van der Waals surface area contributed by atoms with Crippen LogP contribution < -0.4 is 10.1 Å². The van der Waals surface area contributed by atoms with Crippen LogP contribution in [0.1, 0.15) is 24.9 Å². The molecule has 0 saturated heterocycles. The van der Waals surface area contributed by atoms with E-state index in [1.54, 1.807) is 18.9 Å². The van der Waals surface area contributed by atoms with Gasteiger partial charge in [0.1, 0.15) is 5.75 Å². The van der Waals surface area contributed by atoms with Crippen LogP contribution in [0, 0.1) is 0 Å². The minimum Gasteiger partial charge on any atom is -0.497 e. The second-order valence-electron chi connectivity index (χ2n) is 4.08. The molecule has 0 radical (unpaired) electrons. The van der Waals surface area contributed by atoms with Gasteiger partial charge in [-0.15, -0.1) is 0 Å². The van der Waals surface area contributed by atoms with E-state index in [-0.39, 0.29) is 6.61 Å². The van der Waals surface area contributed by atoms with Crippen molar-refractivity contribution in [1.29, 1.82) is 0 Å². The van der Waals surface area contributed by atoms with Gasteiger partial charge in [0.2, 0.25) is 0 Å².